The molecule has 1 heteroatoms. The van der Waals surface area contributed by atoms with E-state index in [0.717, 1.165) is 5.57 Å². The zero-order chi connectivity index (χ0) is 6.53. The average molecular weight is 117 g/mol. The normalized spacial score (nSPS) is 13.6. The molecule has 0 saturated heterocycles. The lowest BCUT2D eigenvalue weighted by atomic mass is 10.2. The maximum absolute atomic E-state index is 3.70. The molecule has 0 aliphatic heterocycles. The lowest BCUT2D eigenvalue weighted by Gasteiger charge is -1.90. The topological polar surface area (TPSA) is 12.4 Å². The molecule has 0 N–H and O–H groups in total. The zero-order valence-electron chi connectivity index (χ0n) is 5.09. The summed E-state index contributed by atoms with van der Waals surface area (Å²) >= 11 is 0. The van der Waals surface area contributed by atoms with E-state index in [1.54, 1.807) is 0 Å². The van der Waals surface area contributed by atoms with Crippen molar-refractivity contribution in [2.45, 2.75) is 0 Å². The van der Waals surface area contributed by atoms with Crippen LogP contribution in [0.5, 0.6) is 0 Å². The van der Waals surface area contributed by atoms with Crippen LogP contribution in [0, 0.1) is 0 Å². The number of hydrogen-bond acceptors (Lipinski definition) is 1. The first-order valence-corrected chi connectivity index (χ1v) is 2.73. The van der Waals surface area contributed by atoms with Crippen LogP contribution in [0.1, 0.15) is 0 Å². The maximum Gasteiger partial charge on any atom is 0.0711 e. The van der Waals surface area contributed by atoms with Crippen LogP contribution in [0.4, 0.5) is 0 Å². The van der Waals surface area contributed by atoms with Crippen molar-refractivity contribution in [2.75, 3.05) is 6.54 Å². The Hall–Kier alpha value is -1.29. The Morgan fingerprint density at radius 3 is 3.11 bits per heavy atom. The largest absolute Gasteiger partial charge is 0.296 e. The number of hydrogen-bond donors (Lipinski definition) is 0. The van der Waals surface area contributed by atoms with Crippen molar-refractivity contribution in [3.63, 3.8) is 0 Å². The summed E-state index contributed by atoms with van der Waals surface area (Å²) in [5.74, 6) is 0. The molecule has 0 aromatic heterocycles. The molecular weight excluding hydrogens is 110 g/mol. The SMILES string of the molecule is C=NCC1=C=C=CC=C1. The standard InChI is InChI=1S/C8H7N/c1-9-7-8-5-3-2-4-6-8/h2-3,5H,1,7H2. The summed E-state index contributed by atoms with van der Waals surface area (Å²) in [6.07, 6.45) is 5.68. The molecule has 0 aromatic carbocycles. The van der Waals surface area contributed by atoms with Gasteiger partial charge in [0.2, 0.25) is 0 Å². The van der Waals surface area contributed by atoms with Gasteiger partial charge < -0.3 is 0 Å². The van der Waals surface area contributed by atoms with Gasteiger partial charge in [-0.2, -0.15) is 0 Å². The zero-order valence-corrected chi connectivity index (χ0v) is 5.09. The molecule has 0 bridgehead atoms. The average Bonchev–Trinajstić information content (AvgIpc) is 1.91. The fourth-order valence-electron chi connectivity index (χ4n) is 0.601. The van der Waals surface area contributed by atoms with Crippen LogP contribution in [-0.2, 0) is 0 Å². The van der Waals surface area contributed by atoms with Gasteiger partial charge in [0.1, 0.15) is 0 Å². The van der Waals surface area contributed by atoms with Crippen molar-refractivity contribution in [1.82, 2.24) is 0 Å². The van der Waals surface area contributed by atoms with Crippen LogP contribution < -0.4 is 0 Å². The fourth-order valence-corrected chi connectivity index (χ4v) is 0.601. The van der Waals surface area contributed by atoms with Crippen molar-refractivity contribution in [3.05, 3.63) is 35.3 Å². The van der Waals surface area contributed by atoms with Gasteiger partial charge in [0.25, 0.3) is 0 Å². The lowest BCUT2D eigenvalue weighted by Crippen LogP contribution is -1.81. The Labute approximate surface area is 54.4 Å². The summed E-state index contributed by atoms with van der Waals surface area (Å²) in [6, 6.07) is 0. The lowest BCUT2D eigenvalue weighted by molar-refractivity contribution is 1.20. The molecule has 0 radical (unpaired) electrons. The first-order valence-electron chi connectivity index (χ1n) is 2.73. The molecule has 44 valence electrons. The highest BCUT2D eigenvalue weighted by molar-refractivity contribution is 5.30. The molecule has 1 aliphatic carbocycles. The van der Waals surface area contributed by atoms with Crippen LogP contribution in [0.2, 0.25) is 0 Å². The second kappa shape index (κ2) is 2.88. The van der Waals surface area contributed by atoms with Gasteiger partial charge in [-0.05, 0) is 18.9 Å². The number of allylic oxidation sites excluding steroid dienone is 2. The van der Waals surface area contributed by atoms with E-state index in [2.05, 4.69) is 23.2 Å². The van der Waals surface area contributed by atoms with E-state index in [1.165, 1.54) is 0 Å². The highest BCUT2D eigenvalue weighted by Crippen LogP contribution is 1.97. The smallest absolute Gasteiger partial charge is 0.0711 e. The molecule has 0 aromatic rings. The van der Waals surface area contributed by atoms with Crippen LogP contribution in [0.25, 0.3) is 0 Å². The predicted molar refractivity (Wildman–Crippen MR) is 38.7 cm³/mol. The van der Waals surface area contributed by atoms with Crippen molar-refractivity contribution >= 4 is 6.72 Å². The second-order valence-electron chi connectivity index (χ2n) is 1.70. The molecule has 0 atom stereocenters. The highest BCUT2D eigenvalue weighted by Gasteiger charge is 1.86. The van der Waals surface area contributed by atoms with E-state index in [0.29, 0.717) is 6.54 Å². The monoisotopic (exact) mass is 117 g/mol. The second-order valence-corrected chi connectivity index (χ2v) is 1.70. The third-order valence-corrected chi connectivity index (χ3v) is 0.992. The number of aliphatic imine (C=N–C) groups is 1. The third-order valence-electron chi connectivity index (χ3n) is 0.992. The Bertz CT molecular complexity index is 233. The quantitative estimate of drug-likeness (QED) is 0.384. The van der Waals surface area contributed by atoms with Gasteiger partial charge in [-0.15, -0.1) is 0 Å². The van der Waals surface area contributed by atoms with Gasteiger partial charge in [0.15, 0.2) is 0 Å². The summed E-state index contributed by atoms with van der Waals surface area (Å²) in [6.45, 7) is 4.01. The molecular formula is C8H7N. The van der Waals surface area contributed by atoms with Gasteiger partial charge >= 0.3 is 0 Å². The minimum atomic E-state index is 0.636. The fraction of sp³-hybridized carbons (Fsp3) is 0.125. The van der Waals surface area contributed by atoms with Gasteiger partial charge in [0, 0.05) is 5.57 Å². The molecule has 0 spiro atoms. The molecule has 1 rings (SSSR count). The van der Waals surface area contributed by atoms with Crippen molar-refractivity contribution < 1.29 is 0 Å². The summed E-state index contributed by atoms with van der Waals surface area (Å²) in [5.41, 5.74) is 6.78. The van der Waals surface area contributed by atoms with E-state index in [4.69, 9.17) is 0 Å². The van der Waals surface area contributed by atoms with Crippen LogP contribution in [-0.4, -0.2) is 13.3 Å². The summed E-state index contributed by atoms with van der Waals surface area (Å²) in [5, 5.41) is 0. The molecule has 0 amide bonds. The van der Waals surface area contributed by atoms with Gasteiger partial charge in [0.05, 0.1) is 6.54 Å². The summed E-state index contributed by atoms with van der Waals surface area (Å²) < 4.78 is 0. The minimum absolute atomic E-state index is 0.636. The highest BCUT2D eigenvalue weighted by atomic mass is 14.7. The van der Waals surface area contributed by atoms with E-state index < -0.39 is 0 Å². The first kappa shape index (κ1) is 5.84. The van der Waals surface area contributed by atoms with Crippen molar-refractivity contribution in [2.24, 2.45) is 4.99 Å². The predicted octanol–water partition coefficient (Wildman–Crippen LogP) is 1.49. The molecule has 0 fully saturated rings. The number of nitrogens with zero attached hydrogens (tertiary/aromatic N) is 1. The van der Waals surface area contributed by atoms with Gasteiger partial charge in [-0.3, -0.25) is 4.99 Å². The Morgan fingerprint density at radius 2 is 2.56 bits per heavy atom. The molecule has 1 nitrogen and oxygen atoms in total. The molecule has 0 unspecified atom stereocenters. The third kappa shape index (κ3) is 1.58. The molecule has 9 heavy (non-hydrogen) atoms. The van der Waals surface area contributed by atoms with E-state index in [-0.39, 0.29) is 0 Å². The van der Waals surface area contributed by atoms with Crippen LogP contribution in [0.15, 0.2) is 40.3 Å². The molecule has 1 aliphatic rings. The van der Waals surface area contributed by atoms with Crippen molar-refractivity contribution in [1.29, 1.82) is 0 Å². The first-order chi connectivity index (χ1) is 4.43. The minimum Gasteiger partial charge on any atom is -0.296 e. The summed E-state index contributed by atoms with van der Waals surface area (Å²) in [4.78, 5) is 3.70. The summed E-state index contributed by atoms with van der Waals surface area (Å²) in [7, 11) is 0. The molecule has 0 saturated carbocycles. The van der Waals surface area contributed by atoms with E-state index in [9.17, 15) is 0 Å². The Morgan fingerprint density at radius 1 is 1.67 bits per heavy atom. The van der Waals surface area contributed by atoms with Gasteiger partial charge in [-0.25, -0.2) is 0 Å². The van der Waals surface area contributed by atoms with Gasteiger partial charge in [-0.1, -0.05) is 17.5 Å². The Kier molecular flexibility index (Phi) is 1.87. The van der Waals surface area contributed by atoms with Crippen molar-refractivity contribution in [3.8, 4) is 0 Å². The number of rotatable bonds is 2. The Balaban J connectivity index is 2.80. The molecule has 0 heterocycles. The van der Waals surface area contributed by atoms with Crippen LogP contribution in [0.3, 0.4) is 0 Å². The van der Waals surface area contributed by atoms with Crippen LogP contribution >= 0.6 is 0 Å². The maximum atomic E-state index is 3.70. The van der Waals surface area contributed by atoms with E-state index in [1.807, 2.05) is 18.2 Å². The van der Waals surface area contributed by atoms with E-state index >= 15 is 0 Å².